The van der Waals surface area contributed by atoms with Crippen molar-refractivity contribution in [3.05, 3.63) is 0 Å². The highest BCUT2D eigenvalue weighted by Gasteiger charge is 2.42. The maximum atomic E-state index is 12.1. The van der Waals surface area contributed by atoms with Crippen LogP contribution in [0, 0.1) is 0 Å². The van der Waals surface area contributed by atoms with Gasteiger partial charge in [0.2, 0.25) is 0 Å². The Hall–Kier alpha value is 0.120. The monoisotopic (exact) mass is 197 g/mol. The van der Waals surface area contributed by atoms with Gasteiger partial charge >= 0.3 is 0 Å². The van der Waals surface area contributed by atoms with Gasteiger partial charge in [-0.3, -0.25) is 0 Å². The lowest BCUT2D eigenvalue weighted by atomic mass is 10.0. The normalized spacial score (nSPS) is 49.2. The van der Waals surface area contributed by atoms with E-state index in [1.54, 1.807) is 0 Å². The standard InChI is InChI=1S/C6H11FO4S/c7-1-2-3(8)4(9)5(10)6(12)11-2/h2-6,8-10,12H,1H2/i7-1. The molecule has 1 rings (SSSR count). The van der Waals surface area contributed by atoms with Crippen molar-refractivity contribution in [3.8, 4) is 0 Å². The Morgan fingerprint density at radius 2 is 1.75 bits per heavy atom. The van der Waals surface area contributed by atoms with Gasteiger partial charge in [0.15, 0.2) is 0 Å². The molecule has 4 nitrogen and oxygen atoms in total. The summed E-state index contributed by atoms with van der Waals surface area (Å²) in [5.74, 6) is 0. The van der Waals surface area contributed by atoms with Crippen LogP contribution in [0.2, 0.25) is 0 Å². The molecule has 0 bridgehead atoms. The highest BCUT2D eigenvalue weighted by atomic mass is 32.1. The number of rotatable bonds is 1. The van der Waals surface area contributed by atoms with Gasteiger partial charge < -0.3 is 20.1 Å². The van der Waals surface area contributed by atoms with Crippen molar-refractivity contribution in [1.29, 1.82) is 0 Å². The Morgan fingerprint density at radius 1 is 1.17 bits per heavy atom. The molecule has 1 aliphatic rings. The summed E-state index contributed by atoms with van der Waals surface area (Å²) in [6, 6.07) is 0. The first-order valence-electron chi connectivity index (χ1n) is 3.51. The van der Waals surface area contributed by atoms with Gasteiger partial charge in [0.1, 0.15) is 36.5 Å². The van der Waals surface area contributed by atoms with Crippen molar-refractivity contribution < 1.29 is 24.4 Å². The SMILES string of the molecule is OC1C(S)OC(C[18F])C(O)C1O. The molecule has 0 aromatic heterocycles. The second-order valence-electron chi connectivity index (χ2n) is 2.69. The molecule has 0 aromatic rings. The number of aliphatic hydroxyl groups is 3. The smallest absolute Gasteiger partial charge is 0.129 e. The van der Waals surface area contributed by atoms with Crippen LogP contribution in [0.3, 0.4) is 0 Å². The van der Waals surface area contributed by atoms with Gasteiger partial charge in [0.25, 0.3) is 0 Å². The van der Waals surface area contributed by atoms with Gasteiger partial charge in [0.05, 0.1) is 0 Å². The number of hydrogen-bond donors (Lipinski definition) is 4. The van der Waals surface area contributed by atoms with E-state index in [0.29, 0.717) is 0 Å². The summed E-state index contributed by atoms with van der Waals surface area (Å²) in [5, 5.41) is 27.3. The third-order valence-corrected chi connectivity index (χ3v) is 2.27. The van der Waals surface area contributed by atoms with Gasteiger partial charge in [-0.2, -0.15) is 0 Å². The minimum Gasteiger partial charge on any atom is -0.387 e. The van der Waals surface area contributed by atoms with Crippen LogP contribution in [0.4, 0.5) is 4.39 Å². The van der Waals surface area contributed by atoms with E-state index >= 15 is 0 Å². The third kappa shape index (κ3) is 1.72. The molecule has 5 unspecified atom stereocenters. The zero-order valence-corrected chi connectivity index (χ0v) is 7.06. The topological polar surface area (TPSA) is 69.9 Å². The fourth-order valence-corrected chi connectivity index (χ4v) is 1.39. The van der Waals surface area contributed by atoms with Crippen molar-refractivity contribution in [2.75, 3.05) is 6.67 Å². The molecule has 1 fully saturated rings. The Balaban J connectivity index is 2.63. The van der Waals surface area contributed by atoms with Gasteiger partial charge in [-0.05, 0) is 0 Å². The second-order valence-corrected chi connectivity index (χ2v) is 3.20. The Kier molecular flexibility index (Phi) is 3.30. The average molecular weight is 197 g/mol. The van der Waals surface area contributed by atoms with E-state index in [1.807, 2.05) is 0 Å². The lowest BCUT2D eigenvalue weighted by Gasteiger charge is -2.37. The number of ether oxygens (including phenoxy) is 1. The Bertz CT molecular complexity index is 154. The van der Waals surface area contributed by atoms with Crippen LogP contribution in [0.25, 0.3) is 0 Å². The van der Waals surface area contributed by atoms with Crippen LogP contribution < -0.4 is 0 Å². The van der Waals surface area contributed by atoms with Crippen LogP contribution in [0.1, 0.15) is 0 Å². The number of halogens is 1. The molecule has 12 heavy (non-hydrogen) atoms. The second kappa shape index (κ2) is 3.89. The number of hydrogen-bond acceptors (Lipinski definition) is 5. The van der Waals surface area contributed by atoms with Gasteiger partial charge in [-0.25, -0.2) is 4.39 Å². The molecule has 1 heterocycles. The quantitative estimate of drug-likeness (QED) is 0.394. The summed E-state index contributed by atoms with van der Waals surface area (Å²) in [5.41, 5.74) is -0.954. The molecule has 0 aromatic carbocycles. The Morgan fingerprint density at radius 3 is 2.25 bits per heavy atom. The maximum Gasteiger partial charge on any atom is 0.129 e. The summed E-state index contributed by atoms with van der Waals surface area (Å²) in [6.45, 7) is -0.915. The lowest BCUT2D eigenvalue weighted by molar-refractivity contribution is -0.200. The highest BCUT2D eigenvalue weighted by molar-refractivity contribution is 7.80. The van der Waals surface area contributed by atoms with Crippen LogP contribution in [-0.2, 0) is 4.74 Å². The zero-order valence-electron chi connectivity index (χ0n) is 6.17. The molecule has 1 saturated heterocycles. The molecule has 0 radical (unpaired) electrons. The first kappa shape index (κ1) is 10.2. The first-order chi connectivity index (χ1) is 5.57. The van der Waals surface area contributed by atoms with E-state index in [1.165, 1.54) is 0 Å². The van der Waals surface area contributed by atoms with Crippen molar-refractivity contribution in [3.63, 3.8) is 0 Å². The molecule has 0 saturated carbocycles. The van der Waals surface area contributed by atoms with Crippen LogP contribution in [0.15, 0.2) is 0 Å². The number of alkyl halides is 1. The summed E-state index contributed by atoms with van der Waals surface area (Å²) < 4.78 is 16.9. The summed E-state index contributed by atoms with van der Waals surface area (Å²) in [6.07, 6.45) is -5.19. The van der Waals surface area contributed by atoms with Crippen LogP contribution in [-0.4, -0.2) is 51.8 Å². The van der Waals surface area contributed by atoms with Gasteiger partial charge in [-0.15, -0.1) is 12.6 Å². The van der Waals surface area contributed by atoms with E-state index < -0.39 is 36.5 Å². The molecule has 0 spiro atoms. The molecular formula is C6H11FO4S. The molecule has 5 atom stereocenters. The molecule has 72 valence electrons. The zero-order chi connectivity index (χ0) is 9.30. The van der Waals surface area contributed by atoms with Gasteiger partial charge in [-0.1, -0.05) is 0 Å². The third-order valence-electron chi connectivity index (χ3n) is 1.84. The van der Waals surface area contributed by atoms with Crippen molar-refractivity contribution in [2.45, 2.75) is 29.9 Å². The van der Waals surface area contributed by atoms with E-state index in [0.717, 1.165) is 0 Å². The predicted molar refractivity (Wildman–Crippen MR) is 41.6 cm³/mol. The van der Waals surface area contributed by atoms with Crippen molar-refractivity contribution in [2.24, 2.45) is 0 Å². The fourth-order valence-electron chi connectivity index (χ4n) is 1.06. The molecule has 0 aliphatic carbocycles. The van der Waals surface area contributed by atoms with E-state index in [9.17, 15) is 4.39 Å². The minimum atomic E-state index is -1.40. The van der Waals surface area contributed by atoms with Crippen LogP contribution >= 0.6 is 12.6 Å². The largest absolute Gasteiger partial charge is 0.387 e. The van der Waals surface area contributed by atoms with Crippen molar-refractivity contribution in [1.82, 2.24) is 0 Å². The van der Waals surface area contributed by atoms with Crippen molar-refractivity contribution >= 4 is 12.6 Å². The molecular weight excluding hydrogens is 186 g/mol. The lowest BCUT2D eigenvalue weighted by Crippen LogP contribution is -2.56. The van der Waals surface area contributed by atoms with E-state index in [-0.39, 0.29) is 0 Å². The minimum absolute atomic E-state index is 0.915. The van der Waals surface area contributed by atoms with E-state index in [2.05, 4.69) is 12.6 Å². The first-order valence-corrected chi connectivity index (χ1v) is 4.03. The maximum absolute atomic E-state index is 12.1. The predicted octanol–water partition coefficient (Wildman–Crippen LogP) is -1.31. The number of aliphatic hydroxyl groups excluding tert-OH is 3. The molecule has 0 amide bonds. The van der Waals surface area contributed by atoms with Crippen LogP contribution in [0.5, 0.6) is 0 Å². The Labute approximate surface area is 74.4 Å². The van der Waals surface area contributed by atoms with Gasteiger partial charge in [0, 0.05) is 0 Å². The number of thiol groups is 1. The molecule has 3 N–H and O–H groups in total. The summed E-state index contributed by atoms with van der Waals surface area (Å²) >= 11 is 3.76. The average Bonchev–Trinajstić information content (AvgIpc) is 2.08. The fraction of sp³-hybridized carbons (Fsp3) is 1.00. The summed E-state index contributed by atoms with van der Waals surface area (Å²) in [4.78, 5) is 0. The van der Waals surface area contributed by atoms with E-state index in [4.69, 9.17) is 20.1 Å². The molecule has 1 aliphatic heterocycles. The highest BCUT2D eigenvalue weighted by Crippen LogP contribution is 2.23. The summed E-state index contributed by atoms with van der Waals surface area (Å²) in [7, 11) is 0. The molecule has 6 heteroatoms.